The van der Waals surface area contributed by atoms with Crippen molar-refractivity contribution in [2.45, 2.75) is 37.2 Å². The number of aliphatic hydroxyl groups is 1. The number of nitrogens with one attached hydrogen (secondary N) is 1. The molecule has 2 aromatic carbocycles. The monoisotopic (exact) mass is 442 g/mol. The lowest BCUT2D eigenvalue weighted by atomic mass is 10.1. The van der Waals surface area contributed by atoms with Crippen LogP contribution in [0.15, 0.2) is 35.2 Å². The van der Waals surface area contributed by atoms with E-state index in [4.69, 9.17) is 0 Å². The van der Waals surface area contributed by atoms with E-state index < -0.39 is 39.5 Å². The van der Waals surface area contributed by atoms with Gasteiger partial charge in [0.25, 0.3) is 5.91 Å². The van der Waals surface area contributed by atoms with Crippen molar-refractivity contribution < 1.29 is 31.5 Å². The van der Waals surface area contributed by atoms with E-state index in [1.165, 1.54) is 22.5 Å². The van der Waals surface area contributed by atoms with Gasteiger partial charge in [0.05, 0.1) is 11.0 Å². The van der Waals surface area contributed by atoms with Gasteiger partial charge in [-0.2, -0.15) is 4.31 Å². The van der Waals surface area contributed by atoms with E-state index in [1.807, 2.05) is 0 Å². The predicted octanol–water partition coefficient (Wildman–Crippen LogP) is 3.20. The van der Waals surface area contributed by atoms with E-state index in [1.54, 1.807) is 6.92 Å². The van der Waals surface area contributed by atoms with E-state index >= 15 is 0 Å². The number of aryl methyl sites for hydroxylation is 1. The summed E-state index contributed by atoms with van der Waals surface area (Å²) in [6.45, 7) is 2.00. The van der Waals surface area contributed by atoms with E-state index in [2.05, 4.69) is 5.32 Å². The molecule has 1 fully saturated rings. The molecule has 0 spiro atoms. The molecule has 0 radical (unpaired) electrons. The third kappa shape index (κ3) is 4.66. The standard InChI is InChI=1S/C20H21F3N2O4S/c1-12-4-5-13(20(27)24-14-10-16(21)19(23)17(22)11-14)9-18(12)30(28,29)25-7-2-3-15(26)6-8-25/h4-5,9-11,15,26H,2-3,6-8H2,1H3,(H,24,27). The maximum Gasteiger partial charge on any atom is 0.255 e. The molecular formula is C20H21F3N2O4S. The highest BCUT2D eigenvalue weighted by Crippen LogP contribution is 2.25. The van der Waals surface area contributed by atoms with Crippen molar-refractivity contribution in [2.75, 3.05) is 18.4 Å². The number of nitrogens with zero attached hydrogens (tertiary/aromatic N) is 1. The molecule has 1 aliphatic heterocycles. The minimum absolute atomic E-state index is 0.0424. The summed E-state index contributed by atoms with van der Waals surface area (Å²) in [7, 11) is -3.91. The highest BCUT2D eigenvalue weighted by molar-refractivity contribution is 7.89. The number of anilines is 1. The maximum absolute atomic E-state index is 13.4. The number of benzene rings is 2. The summed E-state index contributed by atoms with van der Waals surface area (Å²) in [5, 5.41) is 12.0. The Morgan fingerprint density at radius 3 is 2.43 bits per heavy atom. The van der Waals surface area contributed by atoms with Crippen molar-refractivity contribution in [3.05, 3.63) is 58.9 Å². The van der Waals surface area contributed by atoms with Gasteiger partial charge in [-0.15, -0.1) is 0 Å². The van der Waals surface area contributed by atoms with Crippen LogP contribution in [0.2, 0.25) is 0 Å². The van der Waals surface area contributed by atoms with Crippen LogP contribution in [0.25, 0.3) is 0 Å². The number of hydrogen-bond donors (Lipinski definition) is 2. The second kappa shape index (κ2) is 8.75. The number of carbonyl (C=O) groups is 1. The Kier molecular flexibility index (Phi) is 6.49. The summed E-state index contributed by atoms with van der Waals surface area (Å²) in [6.07, 6.45) is 0.791. The first-order valence-corrected chi connectivity index (χ1v) is 10.8. The fourth-order valence-electron chi connectivity index (χ4n) is 3.28. The Labute approximate surface area is 172 Å². The quantitative estimate of drug-likeness (QED) is 0.712. The van der Waals surface area contributed by atoms with Gasteiger partial charge in [0, 0.05) is 36.5 Å². The first kappa shape index (κ1) is 22.3. The first-order valence-electron chi connectivity index (χ1n) is 9.34. The van der Waals surface area contributed by atoms with Gasteiger partial charge in [-0.05, 0) is 43.9 Å². The highest BCUT2D eigenvalue weighted by Gasteiger charge is 2.29. The van der Waals surface area contributed by atoms with Crippen molar-refractivity contribution in [3.8, 4) is 0 Å². The zero-order valence-electron chi connectivity index (χ0n) is 16.2. The van der Waals surface area contributed by atoms with E-state index in [0.29, 0.717) is 37.0 Å². The SMILES string of the molecule is Cc1ccc(C(=O)Nc2cc(F)c(F)c(F)c2)cc1S(=O)(=O)N1CCCC(O)CC1. The lowest BCUT2D eigenvalue weighted by Gasteiger charge is -2.21. The molecule has 1 unspecified atom stereocenters. The predicted molar refractivity (Wildman–Crippen MR) is 104 cm³/mol. The number of amides is 1. The second-order valence-electron chi connectivity index (χ2n) is 7.18. The van der Waals surface area contributed by atoms with Gasteiger partial charge >= 0.3 is 0 Å². The minimum Gasteiger partial charge on any atom is -0.393 e. The molecule has 2 aromatic rings. The molecular weight excluding hydrogens is 421 g/mol. The van der Waals surface area contributed by atoms with Gasteiger partial charge in [0.15, 0.2) is 17.5 Å². The summed E-state index contributed by atoms with van der Waals surface area (Å²) in [4.78, 5) is 12.4. The first-order chi connectivity index (χ1) is 14.1. The molecule has 3 rings (SSSR count). The van der Waals surface area contributed by atoms with Crippen molar-refractivity contribution in [3.63, 3.8) is 0 Å². The molecule has 1 amide bonds. The van der Waals surface area contributed by atoms with Crippen molar-refractivity contribution >= 4 is 21.6 Å². The third-order valence-electron chi connectivity index (χ3n) is 4.97. The zero-order valence-corrected chi connectivity index (χ0v) is 17.0. The van der Waals surface area contributed by atoms with Crippen LogP contribution < -0.4 is 5.32 Å². The molecule has 1 aliphatic rings. The number of carbonyl (C=O) groups excluding carboxylic acids is 1. The highest BCUT2D eigenvalue weighted by atomic mass is 32.2. The number of halogens is 3. The molecule has 0 saturated carbocycles. The van der Waals surface area contributed by atoms with Crippen LogP contribution in [0.5, 0.6) is 0 Å². The van der Waals surface area contributed by atoms with E-state index in [9.17, 15) is 31.5 Å². The lowest BCUT2D eigenvalue weighted by Crippen LogP contribution is -2.33. The topological polar surface area (TPSA) is 86.7 Å². The van der Waals surface area contributed by atoms with Gasteiger partial charge in [-0.25, -0.2) is 21.6 Å². The molecule has 1 atom stereocenters. The van der Waals surface area contributed by atoms with Crippen molar-refractivity contribution in [1.29, 1.82) is 0 Å². The second-order valence-corrected chi connectivity index (χ2v) is 9.08. The smallest absolute Gasteiger partial charge is 0.255 e. The fourth-order valence-corrected chi connectivity index (χ4v) is 5.03. The Bertz CT molecular complexity index is 1050. The molecule has 0 bridgehead atoms. The van der Waals surface area contributed by atoms with Gasteiger partial charge < -0.3 is 10.4 Å². The molecule has 30 heavy (non-hydrogen) atoms. The van der Waals surface area contributed by atoms with Crippen molar-refractivity contribution in [1.82, 2.24) is 4.31 Å². The number of rotatable bonds is 4. The molecule has 162 valence electrons. The fraction of sp³-hybridized carbons (Fsp3) is 0.350. The van der Waals surface area contributed by atoms with Gasteiger partial charge in [-0.1, -0.05) is 6.07 Å². The summed E-state index contributed by atoms with van der Waals surface area (Å²) in [5.74, 6) is -5.37. The van der Waals surface area contributed by atoms with Crippen LogP contribution in [-0.4, -0.2) is 42.9 Å². The number of sulfonamides is 1. The van der Waals surface area contributed by atoms with Crippen LogP contribution in [0.1, 0.15) is 35.2 Å². The summed E-state index contributed by atoms with van der Waals surface area (Å²) in [5.41, 5.74) is 0.0808. The largest absolute Gasteiger partial charge is 0.393 e. The van der Waals surface area contributed by atoms with E-state index in [-0.39, 0.29) is 29.2 Å². The van der Waals surface area contributed by atoms with Crippen LogP contribution in [0, 0.1) is 24.4 Å². The minimum atomic E-state index is -3.91. The van der Waals surface area contributed by atoms with Gasteiger partial charge in [-0.3, -0.25) is 4.79 Å². The molecule has 10 heteroatoms. The Hall–Kier alpha value is -2.43. The molecule has 0 aromatic heterocycles. The summed E-state index contributed by atoms with van der Waals surface area (Å²) >= 11 is 0. The molecule has 0 aliphatic carbocycles. The average molecular weight is 442 g/mol. The van der Waals surface area contributed by atoms with Crippen LogP contribution in [0.4, 0.5) is 18.9 Å². The van der Waals surface area contributed by atoms with E-state index in [0.717, 1.165) is 0 Å². The Morgan fingerprint density at radius 2 is 1.77 bits per heavy atom. The van der Waals surface area contributed by atoms with Crippen LogP contribution in [0.3, 0.4) is 0 Å². The van der Waals surface area contributed by atoms with Crippen molar-refractivity contribution in [2.24, 2.45) is 0 Å². The van der Waals surface area contributed by atoms with Gasteiger partial charge in [0.2, 0.25) is 10.0 Å². The lowest BCUT2D eigenvalue weighted by molar-refractivity contribution is 0.102. The van der Waals surface area contributed by atoms with Crippen LogP contribution >= 0.6 is 0 Å². The molecule has 1 saturated heterocycles. The maximum atomic E-state index is 13.4. The molecule has 6 nitrogen and oxygen atoms in total. The average Bonchev–Trinajstić information content (AvgIpc) is 2.91. The Morgan fingerprint density at radius 1 is 1.10 bits per heavy atom. The molecule has 1 heterocycles. The number of aliphatic hydroxyl groups excluding tert-OH is 1. The summed E-state index contributed by atoms with van der Waals surface area (Å²) in [6, 6.07) is 5.29. The normalized spacial score (nSPS) is 18.1. The third-order valence-corrected chi connectivity index (χ3v) is 7.01. The Balaban J connectivity index is 1.88. The van der Waals surface area contributed by atoms with Gasteiger partial charge in [0.1, 0.15) is 0 Å². The molecule has 2 N–H and O–H groups in total. The zero-order chi connectivity index (χ0) is 22.1. The number of hydrogen-bond acceptors (Lipinski definition) is 4. The summed E-state index contributed by atoms with van der Waals surface area (Å²) < 4.78 is 67.3. The van der Waals surface area contributed by atoms with Crippen LogP contribution in [-0.2, 0) is 10.0 Å².